The number of benzene rings is 3. The van der Waals surface area contributed by atoms with Gasteiger partial charge in [-0.3, -0.25) is 9.59 Å². The van der Waals surface area contributed by atoms with E-state index >= 15 is 0 Å². The first-order valence-corrected chi connectivity index (χ1v) is 14.2. The van der Waals surface area contributed by atoms with Gasteiger partial charge in [0, 0.05) is 19.0 Å². The fourth-order valence-electron chi connectivity index (χ4n) is 4.62. The highest BCUT2D eigenvalue weighted by Gasteiger charge is 2.37. The second-order valence-corrected chi connectivity index (χ2v) is 11.4. The predicted octanol–water partition coefficient (Wildman–Crippen LogP) is 5.98. The van der Waals surface area contributed by atoms with Crippen molar-refractivity contribution in [1.82, 2.24) is 15.5 Å². The molecule has 0 heterocycles. The summed E-state index contributed by atoms with van der Waals surface area (Å²) in [5.74, 6) is -0.662. The Morgan fingerprint density at radius 1 is 0.805 bits per heavy atom. The lowest BCUT2D eigenvalue weighted by Gasteiger charge is -2.37. The van der Waals surface area contributed by atoms with Gasteiger partial charge in [0.25, 0.3) is 0 Å². The zero-order valence-electron chi connectivity index (χ0n) is 25.0. The molecule has 0 aliphatic heterocycles. The summed E-state index contributed by atoms with van der Waals surface area (Å²) in [5.41, 5.74) is 2.93. The van der Waals surface area contributed by atoms with E-state index in [9.17, 15) is 14.4 Å². The number of nitrogens with one attached hydrogen (secondary N) is 2. The van der Waals surface area contributed by atoms with Crippen molar-refractivity contribution in [3.05, 3.63) is 107 Å². The molecular formula is C34H43N3O4. The van der Waals surface area contributed by atoms with Crippen molar-refractivity contribution < 1.29 is 19.1 Å². The van der Waals surface area contributed by atoms with Gasteiger partial charge in [0.05, 0.1) is 0 Å². The largest absolute Gasteiger partial charge is 0.444 e. The molecular weight excluding hydrogens is 514 g/mol. The van der Waals surface area contributed by atoms with Crippen molar-refractivity contribution >= 4 is 17.9 Å². The van der Waals surface area contributed by atoms with Crippen molar-refractivity contribution in [2.24, 2.45) is 0 Å². The molecule has 0 saturated heterocycles. The molecule has 2 atom stereocenters. The van der Waals surface area contributed by atoms with Crippen LogP contribution in [-0.2, 0) is 33.7 Å². The second-order valence-electron chi connectivity index (χ2n) is 11.4. The molecule has 3 rings (SSSR count). The SMILES string of the molecule is CCc1ccc(C(C(=O)NCc2ccccc2)N(C(=O)C(Cc2ccccc2)NC(=O)OC(C)(C)C)C(C)C)cc1. The van der Waals surface area contributed by atoms with Gasteiger partial charge >= 0.3 is 6.09 Å². The molecule has 2 unspecified atom stereocenters. The van der Waals surface area contributed by atoms with Crippen LogP contribution in [0.4, 0.5) is 4.79 Å². The highest BCUT2D eigenvalue weighted by molar-refractivity contribution is 5.92. The Morgan fingerprint density at radius 3 is 1.88 bits per heavy atom. The summed E-state index contributed by atoms with van der Waals surface area (Å²) in [7, 11) is 0. The summed E-state index contributed by atoms with van der Waals surface area (Å²) in [6.07, 6.45) is 0.416. The van der Waals surface area contributed by atoms with Crippen LogP contribution in [0.15, 0.2) is 84.9 Å². The van der Waals surface area contributed by atoms with E-state index in [1.165, 1.54) is 0 Å². The third-order valence-corrected chi connectivity index (χ3v) is 6.62. The Balaban J connectivity index is 2.00. The van der Waals surface area contributed by atoms with Crippen LogP contribution in [0.3, 0.4) is 0 Å². The number of rotatable bonds is 11. The summed E-state index contributed by atoms with van der Waals surface area (Å²) in [5, 5.41) is 5.83. The first-order chi connectivity index (χ1) is 19.5. The Hall–Kier alpha value is -4.13. The van der Waals surface area contributed by atoms with Gasteiger partial charge in [-0.2, -0.15) is 0 Å². The van der Waals surface area contributed by atoms with Gasteiger partial charge in [-0.15, -0.1) is 0 Å². The summed E-state index contributed by atoms with van der Waals surface area (Å²) in [6, 6.07) is 24.7. The third kappa shape index (κ3) is 9.48. The average Bonchev–Trinajstić information content (AvgIpc) is 2.94. The van der Waals surface area contributed by atoms with Crippen molar-refractivity contribution in [3.63, 3.8) is 0 Å². The van der Waals surface area contributed by atoms with Gasteiger partial charge in [-0.25, -0.2) is 4.79 Å². The topological polar surface area (TPSA) is 87.7 Å². The molecule has 0 saturated carbocycles. The molecule has 0 aromatic heterocycles. The summed E-state index contributed by atoms with van der Waals surface area (Å²) < 4.78 is 5.50. The minimum Gasteiger partial charge on any atom is -0.444 e. The number of aryl methyl sites for hydroxylation is 1. The van der Waals surface area contributed by atoms with Crippen LogP contribution in [-0.4, -0.2) is 40.5 Å². The lowest BCUT2D eigenvalue weighted by Crippen LogP contribution is -2.55. The van der Waals surface area contributed by atoms with Crippen LogP contribution in [0.2, 0.25) is 0 Å². The minimum atomic E-state index is -0.950. The Morgan fingerprint density at radius 2 is 1.37 bits per heavy atom. The Labute approximate surface area is 244 Å². The van der Waals surface area contributed by atoms with Gasteiger partial charge in [0.1, 0.15) is 17.7 Å². The molecule has 0 aliphatic rings. The first-order valence-electron chi connectivity index (χ1n) is 14.2. The van der Waals surface area contributed by atoms with E-state index in [0.29, 0.717) is 12.1 Å². The molecule has 41 heavy (non-hydrogen) atoms. The lowest BCUT2D eigenvalue weighted by atomic mass is 9.97. The predicted molar refractivity (Wildman–Crippen MR) is 162 cm³/mol. The second kappa shape index (κ2) is 14.5. The zero-order chi connectivity index (χ0) is 30.0. The zero-order valence-corrected chi connectivity index (χ0v) is 25.0. The quantitative estimate of drug-likeness (QED) is 0.304. The molecule has 0 aliphatic carbocycles. The molecule has 7 heteroatoms. The Kier molecular flexibility index (Phi) is 11.1. The van der Waals surface area contributed by atoms with Crippen molar-refractivity contribution in [2.45, 2.75) is 84.7 Å². The van der Waals surface area contributed by atoms with Crippen LogP contribution >= 0.6 is 0 Å². The molecule has 3 aromatic carbocycles. The number of alkyl carbamates (subject to hydrolysis) is 1. The molecule has 3 amide bonds. The van der Waals surface area contributed by atoms with E-state index in [1.54, 1.807) is 25.7 Å². The summed E-state index contributed by atoms with van der Waals surface area (Å²) >= 11 is 0. The highest BCUT2D eigenvalue weighted by atomic mass is 16.6. The van der Waals surface area contributed by atoms with Crippen molar-refractivity contribution in [2.75, 3.05) is 0 Å². The van der Waals surface area contributed by atoms with Crippen LogP contribution in [0, 0.1) is 0 Å². The fraction of sp³-hybridized carbons (Fsp3) is 0.382. The molecule has 7 nitrogen and oxygen atoms in total. The van der Waals surface area contributed by atoms with Crippen LogP contribution in [0.5, 0.6) is 0 Å². The number of amides is 3. The van der Waals surface area contributed by atoms with E-state index in [1.807, 2.05) is 98.8 Å². The maximum Gasteiger partial charge on any atom is 0.408 e. The van der Waals surface area contributed by atoms with E-state index in [0.717, 1.165) is 23.1 Å². The summed E-state index contributed by atoms with van der Waals surface area (Å²) in [6.45, 7) is 11.5. The molecule has 0 bridgehead atoms. The minimum absolute atomic E-state index is 0.245. The monoisotopic (exact) mass is 557 g/mol. The molecule has 3 aromatic rings. The van der Waals surface area contributed by atoms with Gasteiger partial charge in [0.2, 0.25) is 11.8 Å². The number of hydrogen-bond donors (Lipinski definition) is 2. The first kappa shape index (κ1) is 31.4. The standard InChI is InChI=1S/C34H43N3O4/c1-7-25-18-20-28(21-19-25)30(31(38)35-23-27-16-12-9-13-17-27)37(24(2)3)32(39)29(22-26-14-10-8-11-15-26)36-33(40)41-34(4,5)6/h8-21,24,29-30H,7,22-23H2,1-6H3,(H,35,38)(H,36,40). The number of ether oxygens (including phenoxy) is 1. The van der Waals surface area contributed by atoms with E-state index in [-0.39, 0.29) is 24.3 Å². The third-order valence-electron chi connectivity index (χ3n) is 6.62. The van der Waals surface area contributed by atoms with Gasteiger partial charge < -0.3 is 20.3 Å². The van der Waals surface area contributed by atoms with E-state index < -0.39 is 23.8 Å². The van der Waals surface area contributed by atoms with Gasteiger partial charge in [0.15, 0.2) is 0 Å². The molecule has 0 radical (unpaired) electrons. The van der Waals surface area contributed by atoms with Gasteiger partial charge in [-0.1, -0.05) is 91.9 Å². The number of carbonyl (C=O) groups is 3. The lowest BCUT2D eigenvalue weighted by molar-refractivity contribution is -0.144. The molecule has 0 spiro atoms. The van der Waals surface area contributed by atoms with Crippen LogP contribution < -0.4 is 10.6 Å². The number of carbonyl (C=O) groups excluding carboxylic acids is 3. The summed E-state index contributed by atoms with van der Waals surface area (Å²) in [4.78, 5) is 42.7. The van der Waals surface area contributed by atoms with Crippen LogP contribution in [0.25, 0.3) is 0 Å². The van der Waals surface area contributed by atoms with Crippen LogP contribution in [0.1, 0.15) is 69.8 Å². The molecule has 0 fully saturated rings. The Bertz CT molecular complexity index is 1270. The highest BCUT2D eigenvalue weighted by Crippen LogP contribution is 2.26. The fourth-order valence-corrected chi connectivity index (χ4v) is 4.62. The smallest absolute Gasteiger partial charge is 0.408 e. The molecule has 2 N–H and O–H groups in total. The normalized spacial score (nSPS) is 12.8. The number of hydrogen-bond acceptors (Lipinski definition) is 4. The average molecular weight is 558 g/mol. The maximum atomic E-state index is 14.4. The van der Waals surface area contributed by atoms with Crippen molar-refractivity contribution in [3.8, 4) is 0 Å². The van der Waals surface area contributed by atoms with Gasteiger partial charge in [-0.05, 0) is 63.3 Å². The van der Waals surface area contributed by atoms with E-state index in [2.05, 4.69) is 17.6 Å². The molecule has 218 valence electrons. The number of nitrogens with zero attached hydrogens (tertiary/aromatic N) is 1. The maximum absolute atomic E-state index is 14.4. The van der Waals surface area contributed by atoms with E-state index in [4.69, 9.17) is 4.74 Å². The van der Waals surface area contributed by atoms with Crippen molar-refractivity contribution in [1.29, 1.82) is 0 Å².